The second-order valence-electron chi connectivity index (χ2n) is 2.00. The summed E-state index contributed by atoms with van der Waals surface area (Å²) in [6.07, 6.45) is 0. The van der Waals surface area contributed by atoms with Crippen LogP contribution in [0, 0.1) is 0 Å². The van der Waals surface area contributed by atoms with E-state index in [1.807, 2.05) is 0 Å². The van der Waals surface area contributed by atoms with E-state index in [0.29, 0.717) is 0 Å². The molecule has 0 aromatic rings. The highest BCUT2D eigenvalue weighted by molar-refractivity contribution is 5.75. The molecule has 0 saturated carbocycles. The van der Waals surface area contributed by atoms with Crippen LogP contribution in [-0.2, 0) is 0 Å². The third-order valence-electron chi connectivity index (χ3n) is 1.00. The lowest BCUT2D eigenvalue weighted by atomic mass is 10.2. The van der Waals surface area contributed by atoms with Gasteiger partial charge in [0.1, 0.15) is 0 Å². The fraction of sp³-hybridized carbons (Fsp3) is 0.667. The highest BCUT2D eigenvalue weighted by Gasteiger charge is 1.75. The second kappa shape index (κ2) is 7.47. The molecule has 0 aliphatic heterocycles. The lowest BCUT2D eigenvalue weighted by Crippen LogP contribution is -1.66. The van der Waals surface area contributed by atoms with Gasteiger partial charge in [-0.2, -0.15) is 0 Å². The summed E-state index contributed by atoms with van der Waals surface area (Å²) in [5, 5.41) is 0. The molecule has 0 spiro atoms. The molecule has 0 aromatic carbocycles. The Morgan fingerprint density at radius 3 is 0.875 bits per heavy atom. The summed E-state index contributed by atoms with van der Waals surface area (Å²) in [7, 11) is 0. The van der Waals surface area contributed by atoms with Crippen molar-refractivity contribution in [2.75, 3.05) is 0 Å². The van der Waals surface area contributed by atoms with Crippen LogP contribution in [-0.4, -0.2) is 28.5 Å². The van der Waals surface area contributed by atoms with Crippen molar-refractivity contribution in [1.82, 2.24) is 0 Å². The predicted molar refractivity (Wildman–Crippen MR) is 41.9 cm³/mol. The minimum Gasteiger partial charge on any atom is -0.412 e. The molecule has 0 aromatic heterocycles. The highest BCUT2D eigenvalue weighted by Crippen LogP contribution is 1.96. The first-order chi connectivity index (χ1) is 2.64. The molecule has 48 valence electrons. The van der Waals surface area contributed by atoms with Crippen LogP contribution in [0.1, 0.15) is 27.7 Å². The molecular weight excluding hydrogens is 112 g/mol. The average molecular weight is 128 g/mol. The van der Waals surface area contributed by atoms with Gasteiger partial charge in [-0.25, -0.2) is 0 Å². The van der Waals surface area contributed by atoms with Crippen molar-refractivity contribution < 1.29 is 5.48 Å². The number of allylic oxidation sites excluding steroid dienone is 2. The molecule has 0 fully saturated rings. The van der Waals surface area contributed by atoms with Crippen molar-refractivity contribution in [2.24, 2.45) is 0 Å². The van der Waals surface area contributed by atoms with Gasteiger partial charge in [0.05, 0.1) is 0 Å². The molecule has 0 saturated heterocycles. The molecule has 0 rings (SSSR count). The van der Waals surface area contributed by atoms with Crippen LogP contribution in [0.2, 0.25) is 0 Å². The SMILES string of the molecule is CC(C)=C(C)C.O.[MgH2]. The quantitative estimate of drug-likeness (QED) is 0.338. The summed E-state index contributed by atoms with van der Waals surface area (Å²) in [4.78, 5) is 0. The van der Waals surface area contributed by atoms with Gasteiger partial charge in [-0.1, -0.05) is 11.1 Å². The molecule has 0 aliphatic rings. The van der Waals surface area contributed by atoms with E-state index in [-0.39, 0.29) is 28.5 Å². The van der Waals surface area contributed by atoms with E-state index in [1.54, 1.807) is 0 Å². The third kappa shape index (κ3) is 9.69. The summed E-state index contributed by atoms with van der Waals surface area (Å²) in [6, 6.07) is 0. The Kier molecular flexibility index (Phi) is 14.7. The number of hydrogen-bond donors (Lipinski definition) is 0. The molecule has 2 heteroatoms. The molecule has 0 heterocycles. The molecule has 0 aliphatic carbocycles. The molecule has 2 N–H and O–H groups in total. The van der Waals surface area contributed by atoms with Crippen molar-refractivity contribution in [3.8, 4) is 0 Å². The zero-order valence-corrected chi connectivity index (χ0v) is 5.50. The van der Waals surface area contributed by atoms with Gasteiger partial charge in [-0.05, 0) is 27.7 Å². The lowest BCUT2D eigenvalue weighted by Gasteiger charge is -1.88. The molecule has 0 bridgehead atoms. The normalized spacial score (nSPS) is 6.00. The zero-order chi connectivity index (χ0) is 5.15. The Labute approximate surface area is 67.6 Å². The number of hydrogen-bond acceptors (Lipinski definition) is 0. The van der Waals surface area contributed by atoms with E-state index < -0.39 is 0 Å². The van der Waals surface area contributed by atoms with Crippen molar-refractivity contribution >= 4 is 23.1 Å². The van der Waals surface area contributed by atoms with E-state index in [4.69, 9.17) is 0 Å². The Morgan fingerprint density at radius 2 is 0.875 bits per heavy atom. The first kappa shape index (κ1) is 15.8. The van der Waals surface area contributed by atoms with Crippen LogP contribution in [0.3, 0.4) is 0 Å². The van der Waals surface area contributed by atoms with Crippen LogP contribution in [0.15, 0.2) is 11.1 Å². The summed E-state index contributed by atoms with van der Waals surface area (Å²) in [6.45, 7) is 8.48. The summed E-state index contributed by atoms with van der Waals surface area (Å²) >= 11 is 0. The second-order valence-corrected chi connectivity index (χ2v) is 2.00. The van der Waals surface area contributed by atoms with Crippen LogP contribution >= 0.6 is 0 Å². The first-order valence-corrected chi connectivity index (χ1v) is 2.25. The molecule has 0 radical (unpaired) electrons. The monoisotopic (exact) mass is 128 g/mol. The Bertz CT molecular complexity index is 58.6. The maximum atomic E-state index is 2.12. The highest BCUT2D eigenvalue weighted by atomic mass is 24.3. The van der Waals surface area contributed by atoms with Crippen molar-refractivity contribution in [2.45, 2.75) is 27.7 Å². The Balaban J connectivity index is -0.000000125. The summed E-state index contributed by atoms with van der Waals surface area (Å²) < 4.78 is 0. The van der Waals surface area contributed by atoms with E-state index in [0.717, 1.165) is 0 Å². The van der Waals surface area contributed by atoms with Crippen LogP contribution in [0.4, 0.5) is 0 Å². The zero-order valence-electron chi connectivity index (χ0n) is 5.50. The van der Waals surface area contributed by atoms with Crippen LogP contribution in [0.5, 0.6) is 0 Å². The van der Waals surface area contributed by atoms with Gasteiger partial charge in [0.25, 0.3) is 0 Å². The number of rotatable bonds is 0. The smallest absolute Gasteiger partial charge is 0.316 e. The molecule has 0 amide bonds. The van der Waals surface area contributed by atoms with Gasteiger partial charge in [0, 0.05) is 0 Å². The fourth-order valence-corrected chi connectivity index (χ4v) is 0. The fourth-order valence-electron chi connectivity index (χ4n) is 0. The van der Waals surface area contributed by atoms with Crippen LogP contribution in [0.25, 0.3) is 0 Å². The molecule has 0 atom stereocenters. The van der Waals surface area contributed by atoms with Gasteiger partial charge in [0.15, 0.2) is 0 Å². The van der Waals surface area contributed by atoms with Gasteiger partial charge in [-0.15, -0.1) is 0 Å². The maximum absolute atomic E-state index is 2.12. The van der Waals surface area contributed by atoms with Gasteiger partial charge < -0.3 is 5.48 Å². The average Bonchev–Trinajstić information content (AvgIpc) is 1.36. The lowest BCUT2D eigenvalue weighted by molar-refractivity contribution is 0.824. The van der Waals surface area contributed by atoms with Gasteiger partial charge in [-0.3, -0.25) is 0 Å². The van der Waals surface area contributed by atoms with Crippen molar-refractivity contribution in [3.63, 3.8) is 0 Å². The first-order valence-electron chi connectivity index (χ1n) is 2.25. The maximum Gasteiger partial charge on any atom is 0.316 e. The predicted octanol–water partition coefficient (Wildman–Crippen LogP) is 0.622. The molecule has 0 unspecified atom stereocenters. The van der Waals surface area contributed by atoms with E-state index in [9.17, 15) is 0 Å². The molecule has 1 nitrogen and oxygen atoms in total. The van der Waals surface area contributed by atoms with Crippen molar-refractivity contribution in [1.29, 1.82) is 0 Å². The topological polar surface area (TPSA) is 31.5 Å². The minimum atomic E-state index is 0. The van der Waals surface area contributed by atoms with Gasteiger partial charge >= 0.3 is 23.1 Å². The van der Waals surface area contributed by atoms with Crippen LogP contribution < -0.4 is 0 Å². The summed E-state index contributed by atoms with van der Waals surface area (Å²) in [5.41, 5.74) is 2.85. The van der Waals surface area contributed by atoms with Gasteiger partial charge in [0.2, 0.25) is 0 Å². The van der Waals surface area contributed by atoms with E-state index in [1.165, 1.54) is 11.1 Å². The van der Waals surface area contributed by atoms with E-state index >= 15 is 0 Å². The van der Waals surface area contributed by atoms with E-state index in [2.05, 4.69) is 27.7 Å². The Morgan fingerprint density at radius 1 is 0.750 bits per heavy atom. The third-order valence-corrected chi connectivity index (χ3v) is 1.00. The van der Waals surface area contributed by atoms with Crippen molar-refractivity contribution in [3.05, 3.63) is 11.1 Å². The minimum absolute atomic E-state index is 0. The molecular formula is C6H16MgO. The standard InChI is InChI=1S/C6H12.Mg.H2O.2H/c1-5(2)6(3)4;;;;/h1-4H3;;1H2;;. The summed E-state index contributed by atoms with van der Waals surface area (Å²) in [5.74, 6) is 0. The Hall–Kier alpha value is 0.466. The molecule has 8 heavy (non-hydrogen) atoms. The largest absolute Gasteiger partial charge is 0.412 e.